The number of carbonyl (C=O) groups is 1. The van der Waals surface area contributed by atoms with Crippen LogP contribution in [-0.4, -0.2) is 12.1 Å². The lowest BCUT2D eigenvalue weighted by Gasteiger charge is -2.06. The monoisotopic (exact) mass is 428 g/mol. The first-order valence-electron chi connectivity index (χ1n) is 9.13. The molecule has 1 amide bonds. The molecule has 154 valence electrons. The van der Waals surface area contributed by atoms with Gasteiger partial charge in [-0.05, 0) is 41.0 Å². The third-order valence-electron chi connectivity index (χ3n) is 4.19. The fourth-order valence-corrected chi connectivity index (χ4v) is 3.60. The van der Waals surface area contributed by atoms with Gasteiger partial charge in [-0.2, -0.15) is 30.0 Å². The van der Waals surface area contributed by atoms with E-state index in [1.807, 2.05) is 30.3 Å². The van der Waals surface area contributed by atoms with Crippen LogP contribution in [-0.2, 0) is 17.7 Å². The number of halogens is 3. The molecule has 1 N–H and O–H groups in total. The first-order chi connectivity index (χ1) is 14.4. The lowest BCUT2D eigenvalue weighted by molar-refractivity contribution is -0.137. The van der Waals surface area contributed by atoms with Crippen molar-refractivity contribution in [3.8, 4) is 0 Å². The molecule has 0 aromatic heterocycles. The largest absolute Gasteiger partial charge is 0.416 e. The van der Waals surface area contributed by atoms with E-state index >= 15 is 0 Å². The molecule has 0 aliphatic heterocycles. The summed E-state index contributed by atoms with van der Waals surface area (Å²) >= 11 is 1.78. The molecule has 0 spiro atoms. The highest BCUT2D eigenvalue weighted by atomic mass is 32.2. The van der Waals surface area contributed by atoms with Gasteiger partial charge in [-0.1, -0.05) is 54.6 Å². The van der Waals surface area contributed by atoms with Gasteiger partial charge in [-0.15, -0.1) is 0 Å². The zero-order valence-corrected chi connectivity index (χ0v) is 16.7. The van der Waals surface area contributed by atoms with Crippen LogP contribution in [0.2, 0.25) is 0 Å². The molecule has 0 bridgehead atoms. The number of benzene rings is 3. The summed E-state index contributed by atoms with van der Waals surface area (Å²) in [6.07, 6.45) is -3.24. The average Bonchev–Trinajstić information content (AvgIpc) is 2.74. The van der Waals surface area contributed by atoms with E-state index in [2.05, 4.69) is 22.7 Å². The summed E-state index contributed by atoms with van der Waals surface area (Å²) in [4.78, 5) is 12.2. The Hall–Kier alpha value is -3.06. The van der Waals surface area contributed by atoms with Crippen LogP contribution in [0.5, 0.6) is 0 Å². The number of thioether (sulfide) groups is 1. The quantitative estimate of drug-likeness (QED) is 0.376. The number of nitrogens with one attached hydrogen (secondary N) is 1. The van der Waals surface area contributed by atoms with Crippen LogP contribution in [0.15, 0.2) is 84.0 Å². The van der Waals surface area contributed by atoms with Crippen LogP contribution in [0, 0.1) is 0 Å². The van der Waals surface area contributed by atoms with Crippen molar-refractivity contribution in [2.24, 2.45) is 5.10 Å². The van der Waals surface area contributed by atoms with Gasteiger partial charge in [0.1, 0.15) is 0 Å². The van der Waals surface area contributed by atoms with E-state index in [0.717, 1.165) is 29.2 Å². The van der Waals surface area contributed by atoms with E-state index in [1.165, 1.54) is 23.9 Å². The van der Waals surface area contributed by atoms with Crippen LogP contribution in [0.25, 0.3) is 0 Å². The van der Waals surface area contributed by atoms with Crippen molar-refractivity contribution in [1.29, 1.82) is 0 Å². The summed E-state index contributed by atoms with van der Waals surface area (Å²) in [5.41, 5.74) is 4.60. The van der Waals surface area contributed by atoms with Crippen LogP contribution >= 0.6 is 11.8 Å². The van der Waals surface area contributed by atoms with Gasteiger partial charge in [0.25, 0.3) is 5.91 Å². The lowest BCUT2D eigenvalue weighted by atomic mass is 10.1. The van der Waals surface area contributed by atoms with Crippen molar-refractivity contribution >= 4 is 23.9 Å². The number of hydrazone groups is 1. The Morgan fingerprint density at radius 2 is 1.57 bits per heavy atom. The van der Waals surface area contributed by atoms with E-state index in [1.54, 1.807) is 23.9 Å². The Bertz CT molecular complexity index is 1000. The van der Waals surface area contributed by atoms with E-state index < -0.39 is 17.6 Å². The minimum atomic E-state index is -4.42. The number of hydrogen-bond donors (Lipinski definition) is 1. The molecular formula is C23H19F3N2OS. The molecule has 3 aromatic rings. The molecule has 3 nitrogen and oxygen atoms in total. The molecule has 0 aliphatic rings. The summed E-state index contributed by atoms with van der Waals surface area (Å²) in [5, 5.41) is 3.75. The lowest BCUT2D eigenvalue weighted by Crippen LogP contribution is -2.17. The molecule has 3 aromatic carbocycles. The number of nitrogens with zero attached hydrogens (tertiary/aromatic N) is 1. The zero-order valence-electron chi connectivity index (χ0n) is 15.9. The van der Waals surface area contributed by atoms with Crippen LogP contribution in [0.1, 0.15) is 32.6 Å². The average molecular weight is 428 g/mol. The molecule has 0 radical (unpaired) electrons. The summed E-state index contributed by atoms with van der Waals surface area (Å²) < 4.78 is 38.2. The minimum Gasteiger partial charge on any atom is -0.267 e. The molecule has 0 saturated heterocycles. The maximum absolute atomic E-state index is 12.7. The third kappa shape index (κ3) is 6.49. The van der Waals surface area contributed by atoms with Gasteiger partial charge in [0.05, 0.1) is 11.8 Å². The Morgan fingerprint density at radius 3 is 2.23 bits per heavy atom. The molecule has 0 atom stereocenters. The maximum atomic E-state index is 12.7. The van der Waals surface area contributed by atoms with Gasteiger partial charge in [0.15, 0.2) is 0 Å². The fraction of sp³-hybridized carbons (Fsp3) is 0.130. The first-order valence-corrected chi connectivity index (χ1v) is 10.3. The number of amides is 1. The normalized spacial score (nSPS) is 11.6. The predicted molar refractivity (Wildman–Crippen MR) is 114 cm³/mol. The van der Waals surface area contributed by atoms with Crippen LogP contribution in [0.3, 0.4) is 0 Å². The molecule has 0 unspecified atom stereocenters. The molecule has 0 aliphatic carbocycles. The first kappa shape index (κ1) is 21.6. The van der Waals surface area contributed by atoms with Crippen molar-refractivity contribution in [2.45, 2.75) is 17.7 Å². The predicted octanol–water partition coefficient (Wildman–Crippen LogP) is 5.90. The third-order valence-corrected chi connectivity index (χ3v) is 5.26. The van der Waals surface area contributed by atoms with Crippen molar-refractivity contribution < 1.29 is 18.0 Å². The topological polar surface area (TPSA) is 41.5 Å². The number of hydrogen-bond acceptors (Lipinski definition) is 3. The van der Waals surface area contributed by atoms with Gasteiger partial charge in [-0.3, -0.25) is 4.79 Å². The summed E-state index contributed by atoms with van der Waals surface area (Å²) in [7, 11) is 0. The highest BCUT2D eigenvalue weighted by molar-refractivity contribution is 7.97. The van der Waals surface area contributed by atoms with E-state index in [4.69, 9.17) is 0 Å². The zero-order chi connectivity index (χ0) is 21.4. The van der Waals surface area contributed by atoms with E-state index in [9.17, 15) is 18.0 Å². The Labute approximate surface area is 177 Å². The highest BCUT2D eigenvalue weighted by Crippen LogP contribution is 2.29. The Morgan fingerprint density at radius 1 is 0.900 bits per heavy atom. The van der Waals surface area contributed by atoms with Gasteiger partial charge in [-0.25, -0.2) is 5.43 Å². The van der Waals surface area contributed by atoms with Crippen molar-refractivity contribution in [1.82, 2.24) is 5.43 Å². The van der Waals surface area contributed by atoms with Crippen molar-refractivity contribution in [2.75, 3.05) is 0 Å². The van der Waals surface area contributed by atoms with E-state index in [-0.39, 0.29) is 5.56 Å². The second-order valence-corrected chi connectivity index (χ2v) is 7.48. The number of alkyl halides is 3. The van der Waals surface area contributed by atoms with Gasteiger partial charge >= 0.3 is 6.18 Å². The minimum absolute atomic E-state index is 0.246. The Kier molecular flexibility index (Phi) is 7.30. The molecule has 0 fully saturated rings. The van der Waals surface area contributed by atoms with Gasteiger partial charge < -0.3 is 0 Å². The SMILES string of the molecule is O=C(N/N=C/c1cccc(C(F)(F)F)c1)c1ccc(CSCc2ccccc2)cc1. The summed E-state index contributed by atoms with van der Waals surface area (Å²) in [6.45, 7) is 0. The van der Waals surface area contributed by atoms with Crippen LogP contribution in [0.4, 0.5) is 13.2 Å². The van der Waals surface area contributed by atoms with Crippen LogP contribution < -0.4 is 5.43 Å². The molecular weight excluding hydrogens is 409 g/mol. The second-order valence-electron chi connectivity index (χ2n) is 6.50. The highest BCUT2D eigenvalue weighted by Gasteiger charge is 2.30. The van der Waals surface area contributed by atoms with Gasteiger partial charge in [0.2, 0.25) is 0 Å². The number of carbonyl (C=O) groups excluding carboxylic acids is 1. The summed E-state index contributed by atoms with van der Waals surface area (Å²) in [5.74, 6) is 1.30. The molecule has 0 heterocycles. The molecule has 0 saturated carbocycles. The van der Waals surface area contributed by atoms with E-state index in [0.29, 0.717) is 5.56 Å². The maximum Gasteiger partial charge on any atom is 0.416 e. The molecule has 7 heteroatoms. The standard InChI is InChI=1S/C23H19F3N2OS/c24-23(25,26)21-8-4-7-19(13-21)14-27-28-22(29)20-11-9-18(10-12-20)16-30-15-17-5-2-1-3-6-17/h1-14H,15-16H2,(H,28,29)/b27-14+. The molecule has 3 rings (SSSR count). The summed E-state index contributed by atoms with van der Waals surface area (Å²) in [6, 6.07) is 22.1. The van der Waals surface area contributed by atoms with Crippen molar-refractivity contribution in [3.05, 3.63) is 107 Å². The second kappa shape index (κ2) is 10.1. The fourth-order valence-electron chi connectivity index (χ4n) is 2.64. The smallest absolute Gasteiger partial charge is 0.267 e. The van der Waals surface area contributed by atoms with Gasteiger partial charge in [0, 0.05) is 17.1 Å². The van der Waals surface area contributed by atoms with Crippen molar-refractivity contribution in [3.63, 3.8) is 0 Å². The number of rotatable bonds is 7. The Balaban J connectivity index is 1.50. The molecule has 30 heavy (non-hydrogen) atoms.